The maximum atomic E-state index is 12.3. The summed E-state index contributed by atoms with van der Waals surface area (Å²) in [4.78, 5) is 22.0. The molecule has 0 heterocycles. The second kappa shape index (κ2) is 6.88. The van der Waals surface area contributed by atoms with Gasteiger partial charge in [0.2, 0.25) is 0 Å². The zero-order chi connectivity index (χ0) is 15.3. The average Bonchev–Trinajstić information content (AvgIpc) is 2.35. The van der Waals surface area contributed by atoms with Crippen LogP contribution >= 0.6 is 7.60 Å². The number of methoxy groups -OCH3 is 1. The van der Waals surface area contributed by atoms with Gasteiger partial charge in [0.25, 0.3) is 0 Å². The molecule has 11 heteroatoms. The summed E-state index contributed by atoms with van der Waals surface area (Å²) < 4.78 is 61.7. The Kier molecular flexibility index (Phi) is 6.47. The lowest BCUT2D eigenvalue weighted by molar-refractivity contribution is -0.186. The van der Waals surface area contributed by atoms with Crippen LogP contribution < -0.4 is 0 Å². The van der Waals surface area contributed by atoms with Gasteiger partial charge in [0, 0.05) is 14.2 Å². The van der Waals surface area contributed by atoms with Crippen molar-refractivity contribution >= 4 is 19.5 Å². The molecule has 0 aliphatic rings. The van der Waals surface area contributed by atoms with Crippen molar-refractivity contribution in [3.63, 3.8) is 0 Å². The van der Waals surface area contributed by atoms with E-state index in [9.17, 15) is 27.3 Å². The third kappa shape index (κ3) is 5.58. The molecule has 19 heavy (non-hydrogen) atoms. The van der Waals surface area contributed by atoms with Crippen LogP contribution in [0.4, 0.5) is 13.2 Å². The fraction of sp³-hybridized carbons (Fsp3) is 0.750. The zero-order valence-corrected chi connectivity index (χ0v) is 11.3. The van der Waals surface area contributed by atoms with Crippen LogP contribution in [0.15, 0.2) is 0 Å². The molecule has 0 spiro atoms. The summed E-state index contributed by atoms with van der Waals surface area (Å²) in [6.07, 6.45) is -6.24. The number of esters is 1. The molecule has 1 amide bonds. The second-order valence-corrected chi connectivity index (χ2v) is 5.43. The number of carbonyl (C=O) groups excluding carboxylic acids is 2. The molecule has 7 nitrogen and oxygen atoms in total. The highest BCUT2D eigenvalue weighted by atomic mass is 31.2. The minimum Gasteiger partial charge on any atom is -0.468 e. The Labute approximate surface area is 107 Å². The third-order valence-electron chi connectivity index (χ3n) is 1.98. The van der Waals surface area contributed by atoms with Crippen molar-refractivity contribution in [1.29, 1.82) is 0 Å². The number of carbonyl (C=O) groups is 2. The maximum Gasteiger partial charge on any atom is 0.471 e. The minimum atomic E-state index is -5.22. The van der Waals surface area contributed by atoms with Crippen molar-refractivity contribution in [1.82, 2.24) is 4.90 Å². The Bertz CT molecular complexity index is 377. The van der Waals surface area contributed by atoms with Crippen molar-refractivity contribution in [2.75, 3.05) is 34.2 Å². The fourth-order valence-electron chi connectivity index (χ4n) is 0.985. The Morgan fingerprint density at radius 1 is 1.16 bits per heavy atom. The van der Waals surface area contributed by atoms with Gasteiger partial charge in [0.05, 0.1) is 7.11 Å². The van der Waals surface area contributed by atoms with Gasteiger partial charge in [-0.25, -0.2) is 0 Å². The van der Waals surface area contributed by atoms with Gasteiger partial charge in [-0.1, -0.05) is 0 Å². The maximum absolute atomic E-state index is 12.3. The number of ether oxygens (including phenoxy) is 1. The predicted octanol–water partition coefficient (Wildman–Crippen LogP) is 0.994. The van der Waals surface area contributed by atoms with Crippen LogP contribution in [0.25, 0.3) is 0 Å². The lowest BCUT2D eigenvalue weighted by Crippen LogP contribution is -2.44. The molecule has 0 atom stereocenters. The van der Waals surface area contributed by atoms with E-state index >= 15 is 0 Å². The average molecular weight is 307 g/mol. The quantitative estimate of drug-likeness (QED) is 0.538. The van der Waals surface area contributed by atoms with Gasteiger partial charge in [-0.05, 0) is 0 Å². The van der Waals surface area contributed by atoms with Gasteiger partial charge in [-0.2, -0.15) is 13.2 Å². The highest BCUT2D eigenvalue weighted by Crippen LogP contribution is 2.47. The third-order valence-corrected chi connectivity index (χ3v) is 3.78. The Hall–Kier alpha value is -1.12. The molecule has 0 unspecified atom stereocenters. The van der Waals surface area contributed by atoms with Crippen LogP contribution in [-0.2, 0) is 27.9 Å². The van der Waals surface area contributed by atoms with E-state index in [1.54, 1.807) is 0 Å². The summed E-state index contributed by atoms with van der Waals surface area (Å²) in [5.74, 6) is -3.44. The van der Waals surface area contributed by atoms with E-state index in [1.807, 2.05) is 0 Å². The number of alkyl halides is 3. The van der Waals surface area contributed by atoms with E-state index in [4.69, 9.17) is 0 Å². The van der Waals surface area contributed by atoms with Crippen LogP contribution in [0.1, 0.15) is 0 Å². The van der Waals surface area contributed by atoms with E-state index in [1.165, 1.54) is 0 Å². The molecule has 0 bridgehead atoms. The molecule has 0 aliphatic heterocycles. The van der Waals surface area contributed by atoms with Gasteiger partial charge in [0.15, 0.2) is 0 Å². The van der Waals surface area contributed by atoms with Crippen molar-refractivity contribution in [3.05, 3.63) is 0 Å². The summed E-state index contributed by atoms with van der Waals surface area (Å²) in [5.41, 5.74) is 0. The van der Waals surface area contributed by atoms with E-state index in [0.717, 1.165) is 21.3 Å². The first-order chi connectivity index (χ1) is 8.59. The van der Waals surface area contributed by atoms with E-state index in [-0.39, 0.29) is 4.90 Å². The van der Waals surface area contributed by atoms with Crippen molar-refractivity contribution in [2.24, 2.45) is 0 Å². The van der Waals surface area contributed by atoms with Crippen molar-refractivity contribution in [3.8, 4) is 0 Å². The molecule has 0 saturated heterocycles. The molecular formula is C8H13F3NO6P. The summed E-state index contributed by atoms with van der Waals surface area (Å²) in [6, 6.07) is 0. The first-order valence-electron chi connectivity index (χ1n) is 4.73. The molecule has 112 valence electrons. The van der Waals surface area contributed by atoms with E-state index < -0.39 is 38.5 Å². The van der Waals surface area contributed by atoms with E-state index in [2.05, 4.69) is 13.8 Å². The number of nitrogens with zero attached hydrogens (tertiary/aromatic N) is 1. The number of rotatable bonds is 6. The summed E-state index contributed by atoms with van der Waals surface area (Å²) in [5, 5.41) is 0. The van der Waals surface area contributed by atoms with Crippen LogP contribution in [0, 0.1) is 0 Å². The molecule has 0 aromatic heterocycles. The first-order valence-corrected chi connectivity index (χ1v) is 6.46. The lowest BCUT2D eigenvalue weighted by atomic mass is 10.5. The second-order valence-electron chi connectivity index (χ2n) is 3.19. The van der Waals surface area contributed by atoms with Gasteiger partial charge >= 0.3 is 25.6 Å². The largest absolute Gasteiger partial charge is 0.471 e. The zero-order valence-electron chi connectivity index (χ0n) is 10.4. The molecular weight excluding hydrogens is 294 g/mol. The molecule has 0 radical (unpaired) electrons. The van der Waals surface area contributed by atoms with Crippen LogP contribution in [0.2, 0.25) is 0 Å². The smallest absolute Gasteiger partial charge is 0.468 e. The molecule has 0 rings (SSSR count). The van der Waals surface area contributed by atoms with Gasteiger partial charge in [-0.15, -0.1) is 0 Å². The van der Waals surface area contributed by atoms with Crippen molar-refractivity contribution in [2.45, 2.75) is 6.18 Å². The minimum absolute atomic E-state index is 0.000386. The lowest BCUT2D eigenvalue weighted by Gasteiger charge is -2.25. The molecule has 0 aromatic rings. The number of halogens is 3. The van der Waals surface area contributed by atoms with Crippen LogP contribution in [0.3, 0.4) is 0 Å². The Morgan fingerprint density at radius 3 is 1.95 bits per heavy atom. The normalized spacial score (nSPS) is 12.1. The van der Waals surface area contributed by atoms with Gasteiger partial charge < -0.3 is 18.7 Å². The SMILES string of the molecule is COC(=O)CN(CP(=O)(OC)OC)C(=O)C(F)(F)F. The highest BCUT2D eigenvalue weighted by molar-refractivity contribution is 7.53. The standard InChI is InChI=1S/C8H13F3NO6P/c1-16-6(13)4-12(7(14)8(9,10)11)5-19(15,17-2)18-3/h4-5H2,1-3H3. The van der Waals surface area contributed by atoms with E-state index in [0.29, 0.717) is 0 Å². The molecule has 0 N–H and O–H groups in total. The summed E-state index contributed by atoms with van der Waals surface area (Å²) >= 11 is 0. The summed E-state index contributed by atoms with van der Waals surface area (Å²) in [7, 11) is -1.11. The molecule has 0 aliphatic carbocycles. The number of amides is 1. The summed E-state index contributed by atoms with van der Waals surface area (Å²) in [6.45, 7) is -1.02. The number of hydrogen-bond donors (Lipinski definition) is 0. The fourth-order valence-corrected chi connectivity index (χ4v) is 2.01. The molecule has 0 saturated carbocycles. The highest BCUT2D eigenvalue weighted by Gasteiger charge is 2.45. The Balaban J connectivity index is 5.13. The molecule has 0 fully saturated rings. The topological polar surface area (TPSA) is 82.1 Å². The monoisotopic (exact) mass is 307 g/mol. The van der Waals surface area contributed by atoms with Gasteiger partial charge in [-0.3, -0.25) is 14.2 Å². The Morgan fingerprint density at radius 2 is 1.63 bits per heavy atom. The van der Waals surface area contributed by atoms with Crippen molar-refractivity contribution < 1.29 is 41.1 Å². The van der Waals surface area contributed by atoms with Crippen LogP contribution in [-0.4, -0.2) is 57.1 Å². The number of hydrogen-bond acceptors (Lipinski definition) is 6. The van der Waals surface area contributed by atoms with Gasteiger partial charge in [0.1, 0.15) is 12.8 Å². The predicted molar refractivity (Wildman–Crippen MR) is 56.3 cm³/mol. The first kappa shape index (κ1) is 17.9. The van der Waals surface area contributed by atoms with Crippen LogP contribution in [0.5, 0.6) is 0 Å². The molecule has 0 aromatic carbocycles.